The van der Waals surface area contributed by atoms with Crippen molar-refractivity contribution in [1.29, 1.82) is 0 Å². The van der Waals surface area contributed by atoms with E-state index in [9.17, 15) is 0 Å². The van der Waals surface area contributed by atoms with E-state index >= 15 is 0 Å². The van der Waals surface area contributed by atoms with Gasteiger partial charge in [0.15, 0.2) is 17.5 Å². The van der Waals surface area contributed by atoms with Gasteiger partial charge in [-0.2, -0.15) is 0 Å². The molecule has 1 aliphatic carbocycles. The standard InChI is InChI=1S/C51H33N3OS/c1-4-14-32(15-5-1)46-39(27-28-41-40-22-10-11-25-45(40)56-48(41)46)36-26-29-43-42(31-36)47-38(23-13-24-44(47)55-43)35-20-12-21-37(30-35)51-53-49(33-16-6-2-7-17-33)52-50(54-51)34-18-8-3-9-19-34/h1-10,12-24,26-31H,11,25H2. The highest BCUT2D eigenvalue weighted by Gasteiger charge is 2.21. The number of rotatable bonds is 6. The Bertz CT molecular complexity index is 3070. The quantitative estimate of drug-likeness (QED) is 0.171. The van der Waals surface area contributed by atoms with Crippen LogP contribution < -0.4 is 0 Å². The molecule has 3 heterocycles. The predicted octanol–water partition coefficient (Wildman–Crippen LogP) is 13.9. The summed E-state index contributed by atoms with van der Waals surface area (Å²) >= 11 is 1.95. The van der Waals surface area contributed by atoms with E-state index in [4.69, 9.17) is 19.4 Å². The highest BCUT2D eigenvalue weighted by atomic mass is 32.1. The van der Waals surface area contributed by atoms with Crippen molar-refractivity contribution in [3.8, 4) is 67.5 Å². The molecule has 0 saturated carbocycles. The number of nitrogens with zero attached hydrogens (tertiary/aromatic N) is 3. The predicted molar refractivity (Wildman–Crippen MR) is 232 cm³/mol. The third-order valence-corrected chi connectivity index (χ3v) is 12.1. The lowest BCUT2D eigenvalue weighted by Crippen LogP contribution is -2.00. The molecule has 10 aromatic rings. The molecule has 0 saturated heterocycles. The van der Waals surface area contributed by atoms with E-state index in [-0.39, 0.29) is 0 Å². The van der Waals surface area contributed by atoms with Gasteiger partial charge in [-0.25, -0.2) is 15.0 Å². The van der Waals surface area contributed by atoms with Crippen LogP contribution in [0.3, 0.4) is 0 Å². The molecule has 0 bridgehead atoms. The summed E-state index contributed by atoms with van der Waals surface area (Å²) in [5.41, 5.74) is 13.0. The molecule has 0 radical (unpaired) electrons. The van der Waals surface area contributed by atoms with Gasteiger partial charge in [-0.1, -0.05) is 152 Å². The molecular formula is C51H33N3OS. The lowest BCUT2D eigenvalue weighted by Gasteiger charge is -2.13. The third kappa shape index (κ3) is 5.55. The summed E-state index contributed by atoms with van der Waals surface area (Å²) in [5, 5.41) is 3.51. The van der Waals surface area contributed by atoms with Crippen molar-refractivity contribution < 1.29 is 4.42 Å². The Balaban J connectivity index is 1.07. The number of allylic oxidation sites excluding steroid dienone is 1. The first-order valence-corrected chi connectivity index (χ1v) is 19.8. The Morgan fingerprint density at radius 3 is 1.82 bits per heavy atom. The van der Waals surface area contributed by atoms with Crippen molar-refractivity contribution in [3.63, 3.8) is 0 Å². The summed E-state index contributed by atoms with van der Waals surface area (Å²) in [6.07, 6.45) is 6.82. The van der Waals surface area contributed by atoms with E-state index in [1.165, 1.54) is 42.8 Å². The molecular weight excluding hydrogens is 703 g/mol. The normalized spacial score (nSPS) is 12.4. The van der Waals surface area contributed by atoms with Crippen LogP contribution in [-0.2, 0) is 6.42 Å². The highest BCUT2D eigenvalue weighted by Crippen LogP contribution is 2.47. The molecule has 5 heteroatoms. The zero-order chi connectivity index (χ0) is 37.0. The van der Waals surface area contributed by atoms with Crippen molar-refractivity contribution in [1.82, 2.24) is 15.0 Å². The lowest BCUT2D eigenvalue weighted by atomic mass is 9.90. The van der Waals surface area contributed by atoms with E-state index < -0.39 is 0 Å². The van der Waals surface area contributed by atoms with Gasteiger partial charge >= 0.3 is 0 Å². The Morgan fingerprint density at radius 1 is 0.464 bits per heavy atom. The van der Waals surface area contributed by atoms with Crippen molar-refractivity contribution >= 4 is 49.4 Å². The van der Waals surface area contributed by atoms with Crippen LogP contribution in [0, 0.1) is 0 Å². The SMILES string of the molecule is C1=Cc2c(sc3c(-c4ccccc4)c(-c4ccc5oc6cccc(-c7cccc(-c8nc(-c9ccccc9)nc(-c9ccccc9)n8)c7)c6c5c4)ccc23)CC1. The second kappa shape index (κ2) is 13.4. The maximum absolute atomic E-state index is 6.55. The van der Waals surface area contributed by atoms with E-state index in [0.717, 1.165) is 62.6 Å². The molecule has 11 rings (SSSR count). The van der Waals surface area contributed by atoms with Crippen molar-refractivity contribution in [2.75, 3.05) is 0 Å². The van der Waals surface area contributed by atoms with E-state index in [2.05, 4.69) is 115 Å². The molecule has 0 aliphatic heterocycles. The van der Waals surface area contributed by atoms with Crippen LogP contribution in [0.15, 0.2) is 174 Å². The number of furan rings is 1. The van der Waals surface area contributed by atoms with E-state index in [1.807, 2.05) is 72.0 Å². The van der Waals surface area contributed by atoms with Crippen LogP contribution in [0.1, 0.15) is 16.9 Å². The smallest absolute Gasteiger partial charge is 0.164 e. The van der Waals surface area contributed by atoms with Gasteiger partial charge in [0.05, 0.1) is 0 Å². The Kier molecular flexibility index (Phi) is 7.78. The van der Waals surface area contributed by atoms with Crippen molar-refractivity contribution in [3.05, 3.63) is 180 Å². The highest BCUT2D eigenvalue weighted by molar-refractivity contribution is 7.20. The van der Waals surface area contributed by atoms with Gasteiger partial charge < -0.3 is 4.42 Å². The minimum Gasteiger partial charge on any atom is -0.456 e. The second-order valence-corrected chi connectivity index (χ2v) is 15.3. The Hall–Kier alpha value is -6.95. The molecule has 4 nitrogen and oxygen atoms in total. The first kappa shape index (κ1) is 32.5. The van der Waals surface area contributed by atoms with Gasteiger partial charge in [-0.05, 0) is 70.5 Å². The molecule has 1 aliphatic rings. The molecule has 7 aromatic carbocycles. The fraction of sp³-hybridized carbons (Fsp3) is 0.0392. The largest absolute Gasteiger partial charge is 0.456 e. The van der Waals surface area contributed by atoms with Gasteiger partial charge in [0.1, 0.15) is 11.2 Å². The summed E-state index contributed by atoms with van der Waals surface area (Å²) in [4.78, 5) is 16.4. The van der Waals surface area contributed by atoms with Gasteiger partial charge in [0, 0.05) is 48.0 Å². The summed E-state index contributed by atoms with van der Waals surface area (Å²) in [7, 11) is 0. The molecule has 0 N–H and O–H groups in total. The van der Waals surface area contributed by atoms with Crippen molar-refractivity contribution in [2.24, 2.45) is 0 Å². The first-order valence-electron chi connectivity index (χ1n) is 19.0. The maximum atomic E-state index is 6.55. The lowest BCUT2D eigenvalue weighted by molar-refractivity contribution is 0.669. The molecule has 0 atom stereocenters. The van der Waals surface area contributed by atoms with Crippen molar-refractivity contribution in [2.45, 2.75) is 12.8 Å². The van der Waals surface area contributed by atoms with Crippen LogP contribution in [0.25, 0.3) is 106 Å². The average molecular weight is 736 g/mol. The summed E-state index contributed by atoms with van der Waals surface area (Å²) in [6.45, 7) is 0. The molecule has 0 spiro atoms. The minimum atomic E-state index is 0.626. The van der Waals surface area contributed by atoms with Gasteiger partial charge in [-0.3, -0.25) is 0 Å². The van der Waals surface area contributed by atoms with Crippen LogP contribution in [0.4, 0.5) is 0 Å². The van der Waals surface area contributed by atoms with E-state index in [0.29, 0.717) is 17.5 Å². The number of aromatic nitrogens is 3. The second-order valence-electron chi connectivity index (χ2n) is 14.2. The summed E-state index contributed by atoms with van der Waals surface area (Å²) in [6, 6.07) is 57.2. The van der Waals surface area contributed by atoms with Gasteiger partial charge in [0.25, 0.3) is 0 Å². The fourth-order valence-electron chi connectivity index (χ4n) is 8.14. The Labute approximate surface area is 328 Å². The molecule has 0 unspecified atom stereocenters. The zero-order valence-electron chi connectivity index (χ0n) is 30.3. The van der Waals surface area contributed by atoms with Crippen LogP contribution in [0.2, 0.25) is 0 Å². The van der Waals surface area contributed by atoms with E-state index in [1.54, 1.807) is 0 Å². The number of hydrogen-bond donors (Lipinski definition) is 0. The molecule has 3 aromatic heterocycles. The van der Waals surface area contributed by atoms with Crippen LogP contribution in [0.5, 0.6) is 0 Å². The van der Waals surface area contributed by atoms with Gasteiger partial charge in [0.2, 0.25) is 0 Å². The fourth-order valence-corrected chi connectivity index (χ4v) is 9.52. The average Bonchev–Trinajstić information content (AvgIpc) is 3.85. The number of fused-ring (bicyclic) bond motifs is 6. The number of aryl methyl sites for hydroxylation is 1. The minimum absolute atomic E-state index is 0.626. The zero-order valence-corrected chi connectivity index (χ0v) is 31.1. The Morgan fingerprint density at radius 2 is 1.09 bits per heavy atom. The monoisotopic (exact) mass is 735 g/mol. The van der Waals surface area contributed by atoms with Crippen LogP contribution >= 0.6 is 11.3 Å². The number of thiophene rings is 1. The summed E-state index contributed by atoms with van der Waals surface area (Å²) in [5.74, 6) is 1.91. The van der Waals surface area contributed by atoms with Gasteiger partial charge in [-0.15, -0.1) is 11.3 Å². The molecule has 0 amide bonds. The third-order valence-electron chi connectivity index (χ3n) is 10.8. The van der Waals surface area contributed by atoms with Crippen LogP contribution in [-0.4, -0.2) is 15.0 Å². The maximum Gasteiger partial charge on any atom is 0.164 e. The first-order chi connectivity index (χ1) is 27.7. The molecule has 56 heavy (non-hydrogen) atoms. The molecule has 264 valence electrons. The topological polar surface area (TPSA) is 51.8 Å². The summed E-state index contributed by atoms with van der Waals surface area (Å²) < 4.78 is 7.90. The molecule has 0 fully saturated rings. The number of benzene rings is 7. The number of hydrogen-bond acceptors (Lipinski definition) is 5.